The van der Waals surface area contributed by atoms with Crippen LogP contribution in [-0.4, -0.2) is 29.1 Å². The highest BCUT2D eigenvalue weighted by atomic mass is 19.1. The maximum atomic E-state index is 13.1. The third kappa shape index (κ3) is 2.38. The zero-order chi connectivity index (χ0) is 11.4. The monoisotopic (exact) mass is 213 g/mol. The molecule has 1 aromatic rings. The molecule has 4 nitrogen and oxygen atoms in total. The molecule has 0 fully saturated rings. The summed E-state index contributed by atoms with van der Waals surface area (Å²) in [5.74, 6) is -0.731. The van der Waals surface area contributed by atoms with Crippen LogP contribution in [0, 0.1) is 5.82 Å². The van der Waals surface area contributed by atoms with Crippen LogP contribution in [0.15, 0.2) is 18.2 Å². The van der Waals surface area contributed by atoms with Crippen molar-refractivity contribution in [1.29, 1.82) is 0 Å². The maximum absolute atomic E-state index is 13.1. The Morgan fingerprint density at radius 1 is 1.47 bits per heavy atom. The first-order valence-corrected chi connectivity index (χ1v) is 4.41. The average Bonchev–Trinajstić information content (AvgIpc) is 2.26. The predicted molar refractivity (Wildman–Crippen MR) is 51.8 cm³/mol. The molecule has 0 radical (unpaired) electrons. The highest BCUT2D eigenvalue weighted by Gasteiger charge is 2.21. The van der Waals surface area contributed by atoms with E-state index in [9.17, 15) is 19.4 Å². The van der Waals surface area contributed by atoms with Crippen LogP contribution < -0.4 is 5.73 Å². The van der Waals surface area contributed by atoms with Crippen LogP contribution in [0.25, 0.3) is 0 Å². The fraction of sp³-hybridized carbons (Fsp3) is 0.300. The molecule has 4 N–H and O–H groups in total. The second kappa shape index (κ2) is 4.97. The van der Waals surface area contributed by atoms with Crippen molar-refractivity contribution in [1.82, 2.24) is 0 Å². The average molecular weight is 213 g/mol. The van der Waals surface area contributed by atoms with E-state index >= 15 is 0 Å². The van der Waals surface area contributed by atoms with Gasteiger partial charge in [-0.3, -0.25) is 4.79 Å². The third-order valence-electron chi connectivity index (χ3n) is 2.13. The number of aliphatic hydroxyl groups excluding tert-OH is 2. The number of halogens is 1. The normalized spacial score (nSPS) is 14.7. The number of nitrogens with two attached hydrogens (primary N) is 1. The highest BCUT2D eigenvalue weighted by molar-refractivity contribution is 5.77. The van der Waals surface area contributed by atoms with Crippen LogP contribution >= 0.6 is 0 Å². The molecule has 0 bridgehead atoms. The number of benzene rings is 1. The summed E-state index contributed by atoms with van der Waals surface area (Å²) in [7, 11) is 0. The molecule has 0 aliphatic carbocycles. The first kappa shape index (κ1) is 11.8. The van der Waals surface area contributed by atoms with Crippen molar-refractivity contribution in [2.24, 2.45) is 5.73 Å². The second-order valence-electron chi connectivity index (χ2n) is 3.11. The molecule has 0 amide bonds. The summed E-state index contributed by atoms with van der Waals surface area (Å²) in [4.78, 5) is 10.6. The van der Waals surface area contributed by atoms with Gasteiger partial charge in [0, 0.05) is 6.54 Å². The lowest BCUT2D eigenvalue weighted by Crippen LogP contribution is -2.28. The van der Waals surface area contributed by atoms with Gasteiger partial charge in [0.15, 0.2) is 6.29 Å². The summed E-state index contributed by atoms with van der Waals surface area (Å²) in [5.41, 5.74) is 4.94. The lowest BCUT2D eigenvalue weighted by atomic mass is 9.99. The van der Waals surface area contributed by atoms with Gasteiger partial charge < -0.3 is 15.9 Å². The Balaban J connectivity index is 3.13. The predicted octanol–water partition coefficient (Wildman–Crippen LogP) is -0.00880. The minimum Gasteiger partial charge on any atom is -0.389 e. The van der Waals surface area contributed by atoms with Gasteiger partial charge in [-0.15, -0.1) is 0 Å². The number of hydrogen-bond acceptors (Lipinski definition) is 4. The topological polar surface area (TPSA) is 83.6 Å². The Labute approximate surface area is 86.1 Å². The Kier molecular flexibility index (Phi) is 3.90. The molecule has 5 heteroatoms. The van der Waals surface area contributed by atoms with Crippen molar-refractivity contribution in [2.75, 3.05) is 6.54 Å². The van der Waals surface area contributed by atoms with Crippen molar-refractivity contribution in [3.8, 4) is 0 Å². The van der Waals surface area contributed by atoms with Gasteiger partial charge in [-0.1, -0.05) is 12.1 Å². The summed E-state index contributed by atoms with van der Waals surface area (Å²) in [6.07, 6.45) is -2.27. The molecule has 0 saturated carbocycles. The Bertz CT molecular complexity index is 357. The van der Waals surface area contributed by atoms with E-state index < -0.39 is 18.0 Å². The standard InChI is InChI=1S/C10H12FNO3/c11-8-3-1-2-6(7(8)5-13)10(15)9(14)4-12/h1-3,5,9-10,14-15H,4,12H2. The fourth-order valence-electron chi connectivity index (χ4n) is 1.27. The SMILES string of the molecule is NCC(O)C(O)c1cccc(F)c1C=O. The van der Waals surface area contributed by atoms with Gasteiger partial charge in [-0.05, 0) is 11.6 Å². The molecular formula is C10H12FNO3. The summed E-state index contributed by atoms with van der Waals surface area (Å²) < 4.78 is 13.1. The fourth-order valence-corrected chi connectivity index (χ4v) is 1.27. The number of aliphatic hydroxyl groups is 2. The minimum atomic E-state index is -1.36. The second-order valence-corrected chi connectivity index (χ2v) is 3.11. The van der Waals surface area contributed by atoms with Crippen LogP contribution in [0.5, 0.6) is 0 Å². The number of aldehydes is 1. The molecule has 1 aromatic carbocycles. The maximum Gasteiger partial charge on any atom is 0.153 e. The van der Waals surface area contributed by atoms with Crippen molar-refractivity contribution < 1.29 is 19.4 Å². The summed E-state index contributed by atoms with van der Waals surface area (Å²) in [6, 6.07) is 3.83. The van der Waals surface area contributed by atoms with E-state index in [1.165, 1.54) is 12.1 Å². The van der Waals surface area contributed by atoms with Gasteiger partial charge in [0.05, 0.1) is 11.7 Å². The lowest BCUT2D eigenvalue weighted by Gasteiger charge is -2.17. The Morgan fingerprint density at radius 2 is 2.13 bits per heavy atom. The van der Waals surface area contributed by atoms with E-state index in [-0.39, 0.29) is 17.7 Å². The molecule has 0 aromatic heterocycles. The van der Waals surface area contributed by atoms with Gasteiger partial charge in [0.2, 0.25) is 0 Å². The number of carbonyl (C=O) groups is 1. The van der Waals surface area contributed by atoms with E-state index in [0.717, 1.165) is 6.07 Å². The Morgan fingerprint density at radius 3 is 2.67 bits per heavy atom. The first-order valence-electron chi connectivity index (χ1n) is 4.41. The van der Waals surface area contributed by atoms with E-state index in [2.05, 4.69) is 0 Å². The van der Waals surface area contributed by atoms with Crippen LogP contribution in [0.3, 0.4) is 0 Å². The molecule has 82 valence electrons. The Hall–Kier alpha value is -1.30. The molecule has 0 aliphatic rings. The number of carbonyl (C=O) groups excluding carboxylic acids is 1. The third-order valence-corrected chi connectivity index (χ3v) is 2.13. The van der Waals surface area contributed by atoms with E-state index in [1.54, 1.807) is 0 Å². The van der Waals surface area contributed by atoms with Gasteiger partial charge in [0.1, 0.15) is 11.9 Å². The zero-order valence-electron chi connectivity index (χ0n) is 7.93. The van der Waals surface area contributed by atoms with Gasteiger partial charge in [-0.2, -0.15) is 0 Å². The van der Waals surface area contributed by atoms with Crippen molar-refractivity contribution >= 4 is 6.29 Å². The van der Waals surface area contributed by atoms with E-state index in [1.807, 2.05) is 0 Å². The molecule has 0 heterocycles. The molecule has 2 atom stereocenters. The summed E-state index contributed by atoms with van der Waals surface area (Å²) in [6.45, 7) is -0.171. The van der Waals surface area contributed by atoms with Gasteiger partial charge >= 0.3 is 0 Å². The molecule has 1 rings (SSSR count). The quantitative estimate of drug-likeness (QED) is 0.614. The van der Waals surface area contributed by atoms with Gasteiger partial charge in [-0.25, -0.2) is 4.39 Å². The molecule has 2 unspecified atom stereocenters. The molecular weight excluding hydrogens is 201 g/mol. The van der Waals surface area contributed by atoms with Crippen molar-refractivity contribution in [3.63, 3.8) is 0 Å². The van der Waals surface area contributed by atoms with E-state index in [4.69, 9.17) is 5.73 Å². The smallest absolute Gasteiger partial charge is 0.153 e. The molecule has 0 aliphatic heterocycles. The molecule has 0 spiro atoms. The highest BCUT2D eigenvalue weighted by Crippen LogP contribution is 2.21. The van der Waals surface area contributed by atoms with Crippen LogP contribution in [0.1, 0.15) is 22.0 Å². The number of hydrogen-bond donors (Lipinski definition) is 3. The van der Waals surface area contributed by atoms with Crippen LogP contribution in [-0.2, 0) is 0 Å². The van der Waals surface area contributed by atoms with Crippen molar-refractivity contribution in [2.45, 2.75) is 12.2 Å². The van der Waals surface area contributed by atoms with Crippen LogP contribution in [0.4, 0.5) is 4.39 Å². The molecule has 15 heavy (non-hydrogen) atoms. The van der Waals surface area contributed by atoms with Crippen LogP contribution in [0.2, 0.25) is 0 Å². The zero-order valence-corrected chi connectivity index (χ0v) is 7.93. The first-order chi connectivity index (χ1) is 7.11. The lowest BCUT2D eigenvalue weighted by molar-refractivity contribution is 0.0238. The summed E-state index contributed by atoms with van der Waals surface area (Å²) >= 11 is 0. The molecule has 0 saturated heterocycles. The van der Waals surface area contributed by atoms with Crippen molar-refractivity contribution in [3.05, 3.63) is 35.1 Å². The van der Waals surface area contributed by atoms with Gasteiger partial charge in [0.25, 0.3) is 0 Å². The largest absolute Gasteiger partial charge is 0.389 e. The number of rotatable bonds is 4. The summed E-state index contributed by atoms with van der Waals surface area (Å²) in [5, 5.41) is 18.8. The minimum absolute atomic E-state index is 0.0444. The van der Waals surface area contributed by atoms with E-state index in [0.29, 0.717) is 6.29 Å².